The number of rotatable bonds is 49. The second-order valence-corrected chi connectivity index (χ2v) is 26.7. The first kappa shape index (κ1) is 94.9. The number of aliphatic carboxylic acids is 5. The van der Waals surface area contributed by atoms with Gasteiger partial charge in [-0.1, -0.05) is 22.6 Å². The summed E-state index contributed by atoms with van der Waals surface area (Å²) in [5.41, 5.74) is 1.26. The van der Waals surface area contributed by atoms with E-state index >= 15 is 0 Å². The highest BCUT2D eigenvalue weighted by Crippen LogP contribution is 2.26. The summed E-state index contributed by atoms with van der Waals surface area (Å²) in [4.78, 5) is 126. The predicted octanol–water partition coefficient (Wildman–Crippen LogP) is -9.03. The third-order valence-corrected chi connectivity index (χ3v) is 18.3. The molecule has 620 valence electrons. The smallest absolute Gasteiger partial charge is 0.373 e. The molecule has 3 aliphatic rings. The number of carbonyl (C=O) groups excluding carboxylic acids is 6. The Morgan fingerprint density at radius 3 is 1.03 bits per heavy atom. The van der Waals surface area contributed by atoms with E-state index in [2.05, 4.69) is 46.9 Å². The molecule has 17 N–H and O–H groups in total. The van der Waals surface area contributed by atoms with Crippen molar-refractivity contribution in [2.75, 3.05) is 97.6 Å². The summed E-state index contributed by atoms with van der Waals surface area (Å²) in [7, 11) is 3.18. The number of carboxylic acid groups (broad SMARTS) is 5. The Bertz CT molecular complexity index is 3390. The van der Waals surface area contributed by atoms with Crippen LogP contribution in [-0.4, -0.2) is 384 Å². The minimum absolute atomic E-state index is 0.0185. The van der Waals surface area contributed by atoms with Gasteiger partial charge in [-0.05, 0) is 26.6 Å². The molecule has 0 radical (unpaired) electrons. The summed E-state index contributed by atoms with van der Waals surface area (Å²) in [6.07, 6.45) is -17.8. The van der Waals surface area contributed by atoms with Gasteiger partial charge in [0.1, 0.15) is 54.9 Å². The minimum Gasteiger partial charge on any atom is -0.481 e. The second-order valence-electron chi connectivity index (χ2n) is 24.9. The molecule has 0 spiro atoms. The van der Waals surface area contributed by atoms with Crippen LogP contribution in [0.1, 0.15) is 43.3 Å². The Morgan fingerprint density at radius 2 is 0.745 bits per heavy atom. The van der Waals surface area contributed by atoms with Crippen molar-refractivity contribution in [2.24, 2.45) is 17.8 Å². The summed E-state index contributed by atoms with van der Waals surface area (Å²) >= 11 is 2.61. The van der Waals surface area contributed by atoms with E-state index in [9.17, 15) is 104 Å². The van der Waals surface area contributed by atoms with Crippen molar-refractivity contribution in [3.05, 3.63) is 35.7 Å². The number of Topliss-reactive ketones (excluding diaryl/α,β-unsaturated/α-hetero) is 3. The number of aliphatic hydroxyl groups excluding tert-OH is 9. The third kappa shape index (κ3) is 30.6. The summed E-state index contributed by atoms with van der Waals surface area (Å²) in [6, 6.07) is -2.61. The molecule has 6 heterocycles. The summed E-state index contributed by atoms with van der Waals surface area (Å²) in [5.74, 6) is -10.8. The van der Waals surface area contributed by atoms with Crippen LogP contribution >= 0.6 is 23.5 Å². The Labute approximate surface area is 634 Å². The van der Waals surface area contributed by atoms with Crippen LogP contribution in [0.4, 0.5) is 0 Å². The van der Waals surface area contributed by atoms with Gasteiger partial charge in [0, 0.05) is 74.5 Å². The maximum Gasteiger partial charge on any atom is 0.373 e. The molecular weight excluding hydrogens is 1520 g/mol. The Hall–Kier alpha value is -7.47. The predicted molar refractivity (Wildman–Crippen MR) is 364 cm³/mol. The van der Waals surface area contributed by atoms with Crippen molar-refractivity contribution in [3.8, 4) is 0 Å². The van der Waals surface area contributed by atoms with Crippen molar-refractivity contribution in [1.82, 2.24) is 60.9 Å². The van der Waals surface area contributed by atoms with Gasteiger partial charge in [0.2, 0.25) is 5.91 Å². The molecular formula is C62H96N12O34S2. The normalized spacial score (nSPS) is 25.5. The van der Waals surface area contributed by atoms with E-state index in [4.69, 9.17) is 62.4 Å². The fraction of sp³-hybridized carbons (Fsp3) is 0.742. The maximum absolute atomic E-state index is 13.6. The molecule has 48 heteroatoms. The largest absolute Gasteiger partial charge is 0.481 e. The number of carboxylic acids is 5. The summed E-state index contributed by atoms with van der Waals surface area (Å²) in [5, 5.41) is 168. The van der Waals surface area contributed by atoms with E-state index in [1.54, 1.807) is 39.0 Å². The van der Waals surface area contributed by atoms with Crippen LogP contribution in [0.15, 0.2) is 18.6 Å². The number of ketones is 3. The number of ether oxygens (including phenoxy) is 9. The van der Waals surface area contributed by atoms with E-state index in [0.29, 0.717) is 23.7 Å². The zero-order valence-electron chi connectivity index (χ0n) is 60.3. The van der Waals surface area contributed by atoms with E-state index in [1.165, 1.54) is 50.7 Å². The molecule has 3 saturated heterocycles. The Balaban J connectivity index is 0.000000534. The minimum atomic E-state index is -1.86. The first-order valence-corrected chi connectivity index (χ1v) is 36.7. The number of amides is 1. The zero-order chi connectivity index (χ0) is 81.9. The number of carbonyl (C=O) groups is 9. The zero-order valence-corrected chi connectivity index (χ0v) is 61.9. The average molecular weight is 1620 g/mol. The van der Waals surface area contributed by atoms with Gasteiger partial charge in [-0.25, -0.2) is 28.4 Å². The van der Waals surface area contributed by atoms with Crippen LogP contribution in [0, 0.1) is 17.8 Å². The fourth-order valence-electron chi connectivity index (χ4n) is 10.7. The number of nitrogens with one attached hydrogen (secondary N) is 3. The lowest BCUT2D eigenvalue weighted by Gasteiger charge is -2.38. The molecule has 1 amide bonds. The molecule has 3 aromatic heterocycles. The molecule has 3 fully saturated rings. The van der Waals surface area contributed by atoms with Crippen molar-refractivity contribution >= 4 is 82.8 Å². The van der Waals surface area contributed by atoms with Gasteiger partial charge in [0.15, 0.2) is 54.5 Å². The number of aliphatic hydroxyl groups is 9. The topological polar surface area (TPSA) is 682 Å². The molecule has 21 atom stereocenters. The SMILES string of the molecule is CN[C@@H](Cc1cn(CCOCCOC2OC(C(=O)O)C(O)[C@H](O)[C@@H]2O)nn1)C(=O)C[C@@H](C)C(=O)N[C@@H](Cc1cn(CCOCCOC2OC(C(=O)O)C(O)[C@H](O)[C@@H]2O)nn1)C(=O)C[C@@H](CSC)C(=O)O.CN[C@@H](Cc1cn(CCOCCOC2OC(C(=O)O)C(O)[C@H](O)[C@@H]2O)nn1)C(=O)C[C@H](CSC)C(=O)O.O=C=O. The van der Waals surface area contributed by atoms with Gasteiger partial charge >= 0.3 is 36.0 Å². The molecule has 3 aromatic rings. The van der Waals surface area contributed by atoms with Crippen molar-refractivity contribution < 1.29 is 167 Å². The molecule has 0 bridgehead atoms. The van der Waals surface area contributed by atoms with Gasteiger partial charge in [0.05, 0.1) is 126 Å². The summed E-state index contributed by atoms with van der Waals surface area (Å²) in [6.45, 7) is 2.16. The highest BCUT2D eigenvalue weighted by atomic mass is 32.2. The first-order valence-electron chi connectivity index (χ1n) is 33.9. The van der Waals surface area contributed by atoms with E-state index < -0.39 is 176 Å². The monoisotopic (exact) mass is 1620 g/mol. The molecule has 0 aliphatic carbocycles. The highest BCUT2D eigenvalue weighted by Gasteiger charge is 2.50. The van der Waals surface area contributed by atoms with Gasteiger partial charge in [-0.2, -0.15) is 33.1 Å². The molecule has 46 nitrogen and oxygen atoms in total. The van der Waals surface area contributed by atoms with Crippen LogP contribution in [0.2, 0.25) is 0 Å². The molecule has 110 heavy (non-hydrogen) atoms. The molecule has 6 rings (SSSR count). The van der Waals surface area contributed by atoms with Crippen molar-refractivity contribution in [3.63, 3.8) is 0 Å². The van der Waals surface area contributed by atoms with Gasteiger partial charge < -0.3 is 130 Å². The standard InChI is InChI=1S/C40H62N8O21S.C21H34N4O11S.CO2/c1-19(12-25(49)23(41-2)14-21-16-47(45-43-21)4-6-64-8-10-66-39-31(55)27(51)29(53)33(68-39)37(60)61)35(57)42-24(26(50)13-20(18-70-3)36(58)59)15-22-17-48(46-44-22)5-7-65-9-11-67-40-32(56)28(52)30(54)34(69-40)38(62)63;1-22-13(14(26)7-11(10-37-2)19(30)31)8-12-9-25(24-23-12)3-4-34-5-6-35-21-17(29)15(27)16(28)18(36-21)20(32)33;2-1-3/h16-17,19-20,23-24,27-34,39-41,51-56H,4-15,18H2,1-3H3,(H,42,57)(H,58,59)(H,60,61)(H,62,63);9,11,13,15-18,21-22,27-29H,3-8,10H2,1-2H3,(H,30,31)(H,32,33);/t19-,20+,23+,24+,27+,28+,29?,30?,31+,32+,33?,34?,39?,40?;11-,13+,15+,16?,17+,18?,21?;/m11./s1. The summed E-state index contributed by atoms with van der Waals surface area (Å²) < 4.78 is 51.7. The van der Waals surface area contributed by atoms with Crippen LogP contribution in [0.3, 0.4) is 0 Å². The molecule has 0 aromatic carbocycles. The number of nitrogens with zero attached hydrogens (tertiary/aromatic N) is 9. The van der Waals surface area contributed by atoms with Crippen molar-refractivity contribution in [1.29, 1.82) is 0 Å². The maximum atomic E-state index is 13.6. The van der Waals surface area contributed by atoms with Crippen LogP contribution in [-0.2, 0) is 134 Å². The van der Waals surface area contributed by atoms with Crippen LogP contribution in [0.25, 0.3) is 0 Å². The number of aromatic nitrogens is 9. The molecule has 9 unspecified atom stereocenters. The number of thioether (sulfide) groups is 2. The Morgan fingerprint density at radius 1 is 0.455 bits per heavy atom. The average Bonchev–Trinajstić information content (AvgIpc) is 0.968. The second kappa shape index (κ2) is 49.1. The highest BCUT2D eigenvalue weighted by molar-refractivity contribution is 7.98. The van der Waals surface area contributed by atoms with Crippen molar-refractivity contribution in [2.45, 2.75) is 175 Å². The lowest BCUT2D eigenvalue weighted by atomic mass is 9.94. The van der Waals surface area contributed by atoms with Gasteiger partial charge in [-0.15, -0.1) is 15.3 Å². The number of hydrogen-bond acceptors (Lipinski definition) is 39. The van der Waals surface area contributed by atoms with E-state index in [0.717, 1.165) is 0 Å². The van der Waals surface area contributed by atoms with Crippen LogP contribution < -0.4 is 16.0 Å². The molecule has 0 saturated carbocycles. The number of hydrogen-bond donors (Lipinski definition) is 17. The van der Waals surface area contributed by atoms with Gasteiger partial charge in [0.25, 0.3) is 0 Å². The van der Waals surface area contributed by atoms with Crippen LogP contribution in [0.5, 0.6) is 0 Å². The lowest BCUT2D eigenvalue weighted by Crippen LogP contribution is -2.60. The van der Waals surface area contributed by atoms with E-state index in [1.807, 2.05) is 0 Å². The molecule has 3 aliphatic heterocycles. The Kier molecular flexibility index (Phi) is 42.4. The third-order valence-electron chi connectivity index (χ3n) is 16.8. The van der Waals surface area contributed by atoms with E-state index in [-0.39, 0.29) is 134 Å². The lowest BCUT2D eigenvalue weighted by molar-refractivity contribution is -0.295. The first-order chi connectivity index (χ1) is 52.2. The quantitative estimate of drug-likeness (QED) is 0.0233. The fourth-order valence-corrected chi connectivity index (χ4v) is 12.1. The van der Waals surface area contributed by atoms with Gasteiger partial charge in [-0.3, -0.25) is 28.8 Å². The number of likely N-dealkylation sites (N-methyl/N-ethyl adjacent to an activating group) is 2.